The van der Waals surface area contributed by atoms with E-state index in [9.17, 15) is 20.0 Å². The second-order valence-electron chi connectivity index (χ2n) is 9.90. The molecule has 1 saturated carbocycles. The minimum Gasteiger partial charge on any atom is -0.480 e. The van der Waals surface area contributed by atoms with Gasteiger partial charge in [-0.2, -0.15) is 5.26 Å². The Morgan fingerprint density at radius 1 is 1.28 bits per heavy atom. The number of nitriles is 1. The van der Waals surface area contributed by atoms with E-state index in [1.54, 1.807) is 26.0 Å². The van der Waals surface area contributed by atoms with Crippen molar-refractivity contribution in [2.75, 3.05) is 18.5 Å². The normalized spacial score (nSPS) is 19.2. The molecule has 1 aromatic carbocycles. The molecule has 8 heteroatoms. The molecule has 1 atom stereocenters. The van der Waals surface area contributed by atoms with Gasteiger partial charge in [-0.25, -0.2) is 9.78 Å². The first kappa shape index (κ1) is 25.6. The van der Waals surface area contributed by atoms with E-state index in [1.807, 2.05) is 0 Å². The van der Waals surface area contributed by atoms with Gasteiger partial charge in [-0.05, 0) is 87.1 Å². The highest BCUT2D eigenvalue weighted by Crippen LogP contribution is 2.34. The van der Waals surface area contributed by atoms with Crippen molar-refractivity contribution in [3.8, 4) is 6.07 Å². The van der Waals surface area contributed by atoms with Crippen molar-refractivity contribution in [1.82, 2.24) is 10.3 Å². The number of carbonyl (C=O) groups excluding carboxylic acids is 1. The number of aromatic nitrogens is 1. The molecule has 2 heterocycles. The van der Waals surface area contributed by atoms with Crippen LogP contribution in [0.3, 0.4) is 0 Å². The van der Waals surface area contributed by atoms with Gasteiger partial charge in [-0.1, -0.05) is 12.1 Å². The maximum Gasteiger partial charge on any atom is 0.326 e. The highest BCUT2D eigenvalue weighted by molar-refractivity contribution is 5.99. The van der Waals surface area contributed by atoms with E-state index in [1.165, 1.54) is 5.56 Å². The molecule has 36 heavy (non-hydrogen) atoms. The van der Waals surface area contributed by atoms with Crippen LogP contribution in [-0.4, -0.2) is 47.3 Å². The Bertz CT molecular complexity index is 1170. The molecule has 1 aromatic heterocycles. The maximum atomic E-state index is 12.8. The van der Waals surface area contributed by atoms with Crippen molar-refractivity contribution in [3.63, 3.8) is 0 Å². The van der Waals surface area contributed by atoms with Gasteiger partial charge in [0.15, 0.2) is 0 Å². The van der Waals surface area contributed by atoms with Gasteiger partial charge in [-0.15, -0.1) is 0 Å². The average molecular weight is 491 g/mol. The first-order valence-electron chi connectivity index (χ1n) is 12.7. The van der Waals surface area contributed by atoms with Gasteiger partial charge < -0.3 is 20.5 Å². The molecule has 1 amide bonds. The number of fused-ring (bicyclic) bond motifs is 1. The van der Waals surface area contributed by atoms with Crippen LogP contribution < -0.4 is 10.6 Å². The topological polar surface area (TPSA) is 124 Å². The summed E-state index contributed by atoms with van der Waals surface area (Å²) in [5, 5.41) is 24.8. The summed E-state index contributed by atoms with van der Waals surface area (Å²) in [5.74, 6) is 0.0484. The minimum absolute atomic E-state index is 0.134. The average Bonchev–Trinajstić information content (AvgIpc) is 2.84. The summed E-state index contributed by atoms with van der Waals surface area (Å²) in [6.45, 7) is 4.73. The molecule has 4 rings (SSSR count). The molecule has 190 valence electrons. The molecule has 2 aromatic rings. The van der Waals surface area contributed by atoms with E-state index in [0.717, 1.165) is 56.6 Å². The summed E-state index contributed by atoms with van der Waals surface area (Å²) in [4.78, 5) is 29.3. The van der Waals surface area contributed by atoms with Crippen LogP contribution in [0, 0.1) is 31.1 Å². The van der Waals surface area contributed by atoms with Crippen LogP contribution in [0.4, 0.5) is 5.82 Å². The smallest absolute Gasteiger partial charge is 0.326 e. The molecular weight excluding hydrogens is 456 g/mol. The lowest BCUT2D eigenvalue weighted by Crippen LogP contribution is -2.42. The zero-order chi connectivity index (χ0) is 25.7. The minimum atomic E-state index is -1.10. The predicted octanol–water partition coefficient (Wildman–Crippen LogP) is 3.93. The zero-order valence-corrected chi connectivity index (χ0v) is 21.0. The second-order valence-corrected chi connectivity index (χ2v) is 9.90. The molecular formula is C28H34N4O4. The van der Waals surface area contributed by atoms with Crippen LogP contribution in [0.5, 0.6) is 0 Å². The van der Waals surface area contributed by atoms with E-state index >= 15 is 0 Å². The number of carboxylic acid groups (broad SMARTS) is 1. The monoisotopic (exact) mass is 490 g/mol. The van der Waals surface area contributed by atoms with Gasteiger partial charge in [0.2, 0.25) is 0 Å². The van der Waals surface area contributed by atoms with Gasteiger partial charge >= 0.3 is 5.97 Å². The van der Waals surface area contributed by atoms with Gasteiger partial charge in [0.25, 0.3) is 5.91 Å². The first-order valence-corrected chi connectivity index (χ1v) is 12.7. The van der Waals surface area contributed by atoms with Gasteiger partial charge in [-0.3, -0.25) is 4.79 Å². The Balaban J connectivity index is 1.19. The molecule has 0 saturated heterocycles. The number of aliphatic carboxylic acids is 1. The molecule has 3 N–H and O–H groups in total. The third kappa shape index (κ3) is 6.03. The molecule has 0 unspecified atom stereocenters. The lowest BCUT2D eigenvalue weighted by Gasteiger charge is -2.35. The van der Waals surface area contributed by atoms with Crippen LogP contribution in [0.1, 0.15) is 70.4 Å². The van der Waals surface area contributed by atoms with Crippen LogP contribution in [0.25, 0.3) is 0 Å². The van der Waals surface area contributed by atoms with Crippen LogP contribution in [0.15, 0.2) is 24.3 Å². The highest BCUT2D eigenvalue weighted by Gasteiger charge is 2.30. The molecule has 8 nitrogen and oxygen atoms in total. The third-order valence-electron chi connectivity index (χ3n) is 7.34. The fraction of sp³-hybridized carbons (Fsp3) is 0.500. The summed E-state index contributed by atoms with van der Waals surface area (Å²) < 4.78 is 5.90. The summed E-state index contributed by atoms with van der Waals surface area (Å²) in [7, 11) is 0. The largest absolute Gasteiger partial charge is 0.480 e. The number of hydrogen-bond donors (Lipinski definition) is 3. The molecule has 1 aliphatic carbocycles. The van der Waals surface area contributed by atoms with Crippen LogP contribution in [-0.2, 0) is 22.4 Å². The SMILES string of the molecule is Cc1ccc(C#N)c(C)c1C(=O)N[C@@H](CCOC1CC(CCc2ccc3c(n2)NCCC3)C1)C(=O)O. The number of benzene rings is 1. The Morgan fingerprint density at radius 2 is 2.08 bits per heavy atom. The van der Waals surface area contributed by atoms with Crippen molar-refractivity contribution >= 4 is 17.7 Å². The van der Waals surface area contributed by atoms with Crippen LogP contribution >= 0.6 is 0 Å². The van der Waals surface area contributed by atoms with Gasteiger partial charge in [0.05, 0.1) is 17.7 Å². The molecule has 1 fully saturated rings. The molecule has 0 spiro atoms. The Labute approximate surface area is 212 Å². The number of amides is 1. The number of carbonyl (C=O) groups is 2. The van der Waals surface area contributed by atoms with Gasteiger partial charge in [0, 0.05) is 30.8 Å². The summed E-state index contributed by atoms with van der Waals surface area (Å²) in [5.41, 5.74) is 4.44. The van der Waals surface area contributed by atoms with E-state index in [2.05, 4.69) is 28.8 Å². The van der Waals surface area contributed by atoms with Crippen molar-refractivity contribution in [3.05, 3.63) is 57.8 Å². The van der Waals surface area contributed by atoms with E-state index in [-0.39, 0.29) is 19.1 Å². The molecule has 0 radical (unpaired) electrons. The number of nitrogens with zero attached hydrogens (tertiary/aromatic N) is 2. The van der Waals surface area contributed by atoms with E-state index in [0.29, 0.717) is 28.2 Å². The quantitative estimate of drug-likeness (QED) is 0.461. The summed E-state index contributed by atoms with van der Waals surface area (Å²) >= 11 is 0. The predicted molar refractivity (Wildman–Crippen MR) is 136 cm³/mol. The van der Waals surface area contributed by atoms with Crippen molar-refractivity contribution in [1.29, 1.82) is 5.26 Å². The first-order chi connectivity index (χ1) is 17.4. The Kier molecular flexibility index (Phi) is 8.21. The zero-order valence-electron chi connectivity index (χ0n) is 21.0. The lowest BCUT2D eigenvalue weighted by molar-refractivity contribution is -0.140. The number of rotatable bonds is 10. The molecule has 2 aliphatic rings. The van der Waals surface area contributed by atoms with Crippen LogP contribution in [0.2, 0.25) is 0 Å². The number of anilines is 1. The molecule has 1 aliphatic heterocycles. The van der Waals surface area contributed by atoms with E-state index < -0.39 is 17.9 Å². The standard InChI is InChI=1S/C28H34N4O4/c1-17-5-7-21(16-29)18(2)25(17)27(33)32-24(28(34)35)11-13-36-23-14-19(15-23)6-9-22-10-8-20-4-3-12-30-26(20)31-22/h5,7-8,10,19,23-24H,3-4,6,9,11-15H2,1-2H3,(H,30,31)(H,32,33)(H,34,35)/t19?,23?,24-/m0/s1. The summed E-state index contributed by atoms with van der Waals surface area (Å²) in [6, 6.07) is 8.70. The number of ether oxygens (including phenoxy) is 1. The fourth-order valence-electron chi connectivity index (χ4n) is 5.06. The summed E-state index contributed by atoms with van der Waals surface area (Å²) in [6.07, 6.45) is 6.52. The van der Waals surface area contributed by atoms with E-state index in [4.69, 9.17) is 9.72 Å². The van der Waals surface area contributed by atoms with Crippen molar-refractivity contribution in [2.24, 2.45) is 5.92 Å². The Morgan fingerprint density at radius 3 is 2.83 bits per heavy atom. The molecule has 0 bridgehead atoms. The van der Waals surface area contributed by atoms with Crippen molar-refractivity contribution in [2.45, 2.75) is 70.9 Å². The second kappa shape index (κ2) is 11.5. The highest BCUT2D eigenvalue weighted by atomic mass is 16.5. The fourth-order valence-corrected chi connectivity index (χ4v) is 5.06. The number of nitrogens with one attached hydrogen (secondary N) is 2. The van der Waals surface area contributed by atoms with Gasteiger partial charge in [0.1, 0.15) is 11.9 Å². The number of pyridine rings is 1. The third-order valence-corrected chi connectivity index (χ3v) is 7.34. The number of aryl methyl sites for hydroxylation is 3. The van der Waals surface area contributed by atoms with Crippen molar-refractivity contribution < 1.29 is 19.4 Å². The maximum absolute atomic E-state index is 12.8. The lowest BCUT2D eigenvalue weighted by atomic mass is 9.79. The Hall–Kier alpha value is -3.44. The number of hydrogen-bond acceptors (Lipinski definition) is 6. The number of carboxylic acids is 1.